The molecule has 0 amide bonds. The van der Waals surface area contributed by atoms with Crippen LogP contribution in [0.1, 0.15) is 0 Å². The first-order valence-corrected chi connectivity index (χ1v) is 5.32. The Kier molecular flexibility index (Phi) is 5.44. The average Bonchev–Trinajstić information content (AvgIpc) is 2.21. The van der Waals surface area contributed by atoms with E-state index in [0.29, 0.717) is 0 Å². The van der Waals surface area contributed by atoms with E-state index in [0.717, 1.165) is 8.58 Å². The van der Waals surface area contributed by atoms with Gasteiger partial charge in [-0.3, -0.25) is 0 Å². The van der Waals surface area contributed by atoms with Crippen molar-refractivity contribution >= 4 is 19.2 Å². The van der Waals surface area contributed by atoms with Crippen molar-refractivity contribution in [2.75, 3.05) is 0 Å². The third kappa shape index (κ3) is 3.55. The van der Waals surface area contributed by atoms with Crippen LogP contribution in [-0.2, 0) is 0 Å². The van der Waals surface area contributed by atoms with Gasteiger partial charge in [-0.15, -0.1) is 0 Å². The minimum absolute atomic E-state index is 0. The van der Waals surface area contributed by atoms with E-state index in [1.54, 1.807) is 0 Å². The van der Waals surface area contributed by atoms with Crippen LogP contribution in [0, 0.1) is 0 Å². The van der Waals surface area contributed by atoms with Gasteiger partial charge in [0.1, 0.15) is 0 Å². The van der Waals surface area contributed by atoms with Gasteiger partial charge in [0.25, 0.3) is 0 Å². The van der Waals surface area contributed by atoms with Gasteiger partial charge in [-0.25, -0.2) is 0 Å². The summed E-state index contributed by atoms with van der Waals surface area (Å²) in [5.74, 6) is 0. The van der Waals surface area contributed by atoms with Crippen molar-refractivity contribution in [1.29, 1.82) is 0 Å². The van der Waals surface area contributed by atoms with E-state index in [1.165, 1.54) is 10.6 Å². The van der Waals surface area contributed by atoms with Crippen LogP contribution in [0.25, 0.3) is 0 Å². The van der Waals surface area contributed by atoms with Crippen molar-refractivity contribution in [3.05, 3.63) is 60.7 Å². The van der Waals surface area contributed by atoms with E-state index in [-0.39, 0.29) is 29.6 Å². The third-order valence-electron chi connectivity index (χ3n) is 1.84. The molecule has 0 heterocycles. The maximum Gasteiger partial charge on any atom is 1.00 e. The molecule has 0 unspecified atom stereocenters. The molecule has 0 atom stereocenters. The molecule has 14 heavy (non-hydrogen) atoms. The molecule has 2 rings (SSSR count). The Morgan fingerprint density at radius 3 is 1.29 bits per heavy atom. The molecular weight excluding hydrogens is 198 g/mol. The zero-order valence-electron chi connectivity index (χ0n) is 8.27. The largest absolute Gasteiger partial charge is 1.00 e. The molecule has 0 aliphatic rings. The molecule has 0 nitrogen and oxygen atoms in total. The van der Waals surface area contributed by atoms with E-state index in [9.17, 15) is 0 Å². The summed E-state index contributed by atoms with van der Waals surface area (Å²) in [6.45, 7) is 0. The van der Waals surface area contributed by atoms with Crippen LogP contribution in [0.3, 0.4) is 0 Å². The van der Waals surface area contributed by atoms with Crippen LogP contribution in [0.5, 0.6) is 0 Å². The normalized spacial score (nSPS) is 9.14. The van der Waals surface area contributed by atoms with Crippen molar-refractivity contribution in [2.24, 2.45) is 0 Å². The van der Waals surface area contributed by atoms with Crippen molar-refractivity contribution in [3.63, 3.8) is 0 Å². The molecule has 0 aliphatic heterocycles. The summed E-state index contributed by atoms with van der Waals surface area (Å²) in [7, 11) is 0.777. The van der Waals surface area contributed by atoms with E-state index in [4.69, 9.17) is 0 Å². The van der Waals surface area contributed by atoms with E-state index < -0.39 is 0 Å². The van der Waals surface area contributed by atoms with Gasteiger partial charge in [0.2, 0.25) is 0 Å². The topological polar surface area (TPSA) is 0 Å². The fourth-order valence-electron chi connectivity index (χ4n) is 1.21. The number of hydrogen-bond acceptors (Lipinski definition) is 0. The van der Waals surface area contributed by atoms with E-state index in [1.807, 2.05) is 0 Å². The maximum absolute atomic E-state index is 2.17. The molecular formula is C12H11NaP+. The number of hydrogen-bond donors (Lipinski definition) is 0. The van der Waals surface area contributed by atoms with Gasteiger partial charge < -0.3 is 0 Å². The zero-order chi connectivity index (χ0) is 8.93. The second-order valence-corrected chi connectivity index (χ2v) is 4.26. The van der Waals surface area contributed by atoms with Crippen molar-refractivity contribution in [2.45, 2.75) is 0 Å². The minimum atomic E-state index is 0. The predicted octanol–water partition coefficient (Wildman–Crippen LogP) is -0.680. The summed E-state index contributed by atoms with van der Waals surface area (Å²) >= 11 is 0. The van der Waals surface area contributed by atoms with Crippen LogP contribution in [0.4, 0.5) is 0 Å². The molecule has 2 aromatic carbocycles. The van der Waals surface area contributed by atoms with Crippen LogP contribution < -0.4 is 40.2 Å². The molecule has 2 aromatic rings. The second-order valence-electron chi connectivity index (χ2n) is 2.86. The Bertz CT molecular complexity index is 321. The summed E-state index contributed by atoms with van der Waals surface area (Å²) < 4.78 is 0. The van der Waals surface area contributed by atoms with Crippen LogP contribution in [-0.4, -0.2) is 0 Å². The first-order valence-electron chi connectivity index (χ1n) is 4.32. The Morgan fingerprint density at radius 1 is 0.571 bits per heavy atom. The van der Waals surface area contributed by atoms with Crippen LogP contribution in [0.2, 0.25) is 0 Å². The van der Waals surface area contributed by atoms with E-state index in [2.05, 4.69) is 60.7 Å². The van der Waals surface area contributed by atoms with Gasteiger partial charge in [-0.2, -0.15) is 0 Å². The third-order valence-corrected chi connectivity index (χ3v) is 3.08. The first kappa shape index (κ1) is 11.9. The van der Waals surface area contributed by atoms with Crippen molar-refractivity contribution in [3.8, 4) is 0 Å². The van der Waals surface area contributed by atoms with Gasteiger partial charge in [0.15, 0.2) is 0 Å². The fourth-order valence-corrected chi connectivity index (χ4v) is 2.26. The Balaban J connectivity index is 0.000000980. The monoisotopic (exact) mass is 209 g/mol. The maximum atomic E-state index is 2.17. The smallest absolute Gasteiger partial charge is 0.0622 e. The molecule has 64 valence electrons. The molecule has 0 aromatic heterocycles. The van der Waals surface area contributed by atoms with Gasteiger partial charge in [0, 0.05) is 0 Å². The minimum Gasteiger partial charge on any atom is -0.0622 e. The number of benzene rings is 2. The molecule has 0 N–H and O–H groups in total. The summed E-state index contributed by atoms with van der Waals surface area (Å²) in [4.78, 5) is 0. The Hall–Kier alpha value is -0.130. The van der Waals surface area contributed by atoms with Gasteiger partial charge in [0.05, 0.1) is 0 Å². The first-order chi connectivity index (χ1) is 6.45. The van der Waals surface area contributed by atoms with Crippen molar-refractivity contribution in [1.82, 2.24) is 0 Å². The van der Waals surface area contributed by atoms with Crippen LogP contribution >= 0.6 is 8.58 Å². The molecule has 0 aliphatic carbocycles. The molecule has 2 heteroatoms. The Labute approximate surface area is 109 Å². The Morgan fingerprint density at radius 2 is 0.929 bits per heavy atom. The number of rotatable bonds is 2. The van der Waals surface area contributed by atoms with Crippen LogP contribution in [0.15, 0.2) is 60.7 Å². The van der Waals surface area contributed by atoms with Gasteiger partial charge >= 0.3 is 29.6 Å². The molecule has 0 radical (unpaired) electrons. The molecule has 0 bridgehead atoms. The van der Waals surface area contributed by atoms with E-state index >= 15 is 0 Å². The fraction of sp³-hybridized carbons (Fsp3) is 0. The molecule has 0 saturated heterocycles. The summed E-state index contributed by atoms with van der Waals surface area (Å²) in [6.07, 6.45) is 0. The van der Waals surface area contributed by atoms with Gasteiger partial charge in [-0.1, -0.05) is 69.2 Å². The average molecular weight is 209 g/mol. The quantitative estimate of drug-likeness (QED) is 0.454. The summed E-state index contributed by atoms with van der Waals surface area (Å²) in [5, 5.41) is 2.79. The molecule has 0 spiro atoms. The summed E-state index contributed by atoms with van der Waals surface area (Å²) in [5.41, 5.74) is 0. The summed E-state index contributed by atoms with van der Waals surface area (Å²) in [6, 6.07) is 21.2. The SMILES string of the molecule is [Na+].c1ccc(Pc2ccccc2)cc1. The van der Waals surface area contributed by atoms with Crippen molar-refractivity contribution < 1.29 is 29.6 Å². The van der Waals surface area contributed by atoms with Gasteiger partial charge in [-0.05, 0) is 10.6 Å². The predicted molar refractivity (Wildman–Crippen MR) is 60.5 cm³/mol. The zero-order valence-corrected chi connectivity index (χ0v) is 11.3. The second kappa shape index (κ2) is 6.37. The molecule has 0 saturated carbocycles. The molecule has 0 fully saturated rings. The standard InChI is InChI=1S/C12H11P.Na/c1-3-7-11(8-4-1)13-12-9-5-2-6-10-12;/h1-10,13H;/q;+1.